The van der Waals surface area contributed by atoms with Gasteiger partial charge in [0.05, 0.1) is 11.1 Å². The average Bonchev–Trinajstić information content (AvgIpc) is 2.90. The number of carbonyl (C=O) groups is 1. The summed E-state index contributed by atoms with van der Waals surface area (Å²) in [5, 5.41) is 0.808. The van der Waals surface area contributed by atoms with E-state index < -0.39 is 0 Å². The maximum Gasteiger partial charge on any atom is 0.163 e. The standard InChI is InChI=1S/C15H14N4O/c1-9(2)13-12-11(8-20)7-17-15(12)19-14(18-13)10-4-3-5-16-6-10/h3-9H,1-2H3,(H,17,18,19). The fourth-order valence-corrected chi connectivity index (χ4v) is 2.22. The van der Waals surface area contributed by atoms with Crippen molar-refractivity contribution in [2.75, 3.05) is 0 Å². The molecule has 0 unspecified atom stereocenters. The Bertz CT molecular complexity index is 762. The molecule has 1 N–H and O–H groups in total. The molecule has 0 bridgehead atoms. The Hall–Kier alpha value is -2.56. The smallest absolute Gasteiger partial charge is 0.163 e. The van der Waals surface area contributed by atoms with E-state index in [1.807, 2.05) is 12.1 Å². The van der Waals surface area contributed by atoms with Crippen molar-refractivity contribution in [1.29, 1.82) is 0 Å². The molecule has 0 aromatic carbocycles. The van der Waals surface area contributed by atoms with E-state index in [1.165, 1.54) is 0 Å². The lowest BCUT2D eigenvalue weighted by atomic mass is 10.0. The third kappa shape index (κ3) is 1.97. The minimum absolute atomic E-state index is 0.199. The summed E-state index contributed by atoms with van der Waals surface area (Å²) in [6, 6.07) is 3.77. The van der Waals surface area contributed by atoms with Crippen LogP contribution in [-0.4, -0.2) is 26.2 Å². The van der Waals surface area contributed by atoms with Gasteiger partial charge in [-0.25, -0.2) is 9.97 Å². The number of rotatable bonds is 3. The lowest BCUT2D eigenvalue weighted by molar-refractivity contribution is 0.112. The second-order valence-electron chi connectivity index (χ2n) is 4.91. The number of aromatic nitrogens is 4. The van der Waals surface area contributed by atoms with E-state index in [1.54, 1.807) is 18.6 Å². The van der Waals surface area contributed by atoms with Gasteiger partial charge in [0.1, 0.15) is 5.65 Å². The highest BCUT2D eigenvalue weighted by Gasteiger charge is 2.16. The lowest BCUT2D eigenvalue weighted by Gasteiger charge is -2.09. The SMILES string of the molecule is CC(C)c1nc(-c2cccnc2)nc2[nH]cc(C=O)c12. The van der Waals surface area contributed by atoms with Crippen molar-refractivity contribution in [2.24, 2.45) is 0 Å². The first-order valence-electron chi connectivity index (χ1n) is 6.45. The highest BCUT2D eigenvalue weighted by molar-refractivity contribution is 5.97. The number of fused-ring (bicyclic) bond motifs is 1. The summed E-state index contributed by atoms with van der Waals surface area (Å²) in [6.45, 7) is 4.10. The molecule has 0 aliphatic carbocycles. The van der Waals surface area contributed by atoms with Crippen molar-refractivity contribution in [2.45, 2.75) is 19.8 Å². The van der Waals surface area contributed by atoms with E-state index in [0.717, 1.165) is 22.9 Å². The number of H-pyrrole nitrogens is 1. The van der Waals surface area contributed by atoms with Crippen LogP contribution in [0.25, 0.3) is 22.4 Å². The van der Waals surface area contributed by atoms with Crippen LogP contribution >= 0.6 is 0 Å². The first-order chi connectivity index (χ1) is 9.70. The summed E-state index contributed by atoms with van der Waals surface area (Å²) in [5.74, 6) is 0.819. The van der Waals surface area contributed by atoms with Crippen molar-refractivity contribution in [3.05, 3.63) is 42.0 Å². The van der Waals surface area contributed by atoms with Crippen LogP contribution in [0.1, 0.15) is 35.8 Å². The van der Waals surface area contributed by atoms with E-state index in [4.69, 9.17) is 0 Å². The molecule has 5 heteroatoms. The molecule has 0 saturated heterocycles. The molecular weight excluding hydrogens is 252 g/mol. The summed E-state index contributed by atoms with van der Waals surface area (Å²) in [4.78, 5) is 27.4. The van der Waals surface area contributed by atoms with E-state index in [9.17, 15) is 4.79 Å². The summed E-state index contributed by atoms with van der Waals surface area (Å²) < 4.78 is 0. The average molecular weight is 266 g/mol. The Kier molecular flexibility index (Phi) is 3.02. The van der Waals surface area contributed by atoms with Crippen LogP contribution in [0.4, 0.5) is 0 Å². The van der Waals surface area contributed by atoms with E-state index in [-0.39, 0.29) is 5.92 Å². The zero-order valence-electron chi connectivity index (χ0n) is 11.3. The van der Waals surface area contributed by atoms with E-state index in [0.29, 0.717) is 17.0 Å². The normalized spacial score (nSPS) is 11.2. The quantitative estimate of drug-likeness (QED) is 0.740. The molecule has 0 aliphatic heterocycles. The van der Waals surface area contributed by atoms with Crippen molar-refractivity contribution < 1.29 is 4.79 Å². The van der Waals surface area contributed by atoms with Crippen LogP contribution in [0.15, 0.2) is 30.7 Å². The largest absolute Gasteiger partial charge is 0.345 e. The Labute approximate surface area is 116 Å². The second-order valence-corrected chi connectivity index (χ2v) is 4.91. The molecule has 0 aliphatic rings. The van der Waals surface area contributed by atoms with Gasteiger partial charge < -0.3 is 4.98 Å². The number of hydrogen-bond donors (Lipinski definition) is 1. The Morgan fingerprint density at radius 1 is 1.30 bits per heavy atom. The van der Waals surface area contributed by atoms with Crippen molar-refractivity contribution in [1.82, 2.24) is 19.9 Å². The molecule has 5 nitrogen and oxygen atoms in total. The number of hydrogen-bond acceptors (Lipinski definition) is 4. The minimum Gasteiger partial charge on any atom is -0.345 e. The van der Waals surface area contributed by atoms with Crippen LogP contribution in [0.3, 0.4) is 0 Å². The van der Waals surface area contributed by atoms with Crippen LogP contribution < -0.4 is 0 Å². The molecule has 20 heavy (non-hydrogen) atoms. The molecule has 0 spiro atoms. The second kappa shape index (κ2) is 4.85. The predicted molar refractivity (Wildman–Crippen MR) is 76.6 cm³/mol. The van der Waals surface area contributed by atoms with Crippen molar-refractivity contribution in [3.63, 3.8) is 0 Å². The first-order valence-corrected chi connectivity index (χ1v) is 6.45. The predicted octanol–water partition coefficient (Wildman–Crippen LogP) is 2.96. The van der Waals surface area contributed by atoms with Crippen LogP contribution in [0.2, 0.25) is 0 Å². The highest BCUT2D eigenvalue weighted by Crippen LogP contribution is 2.27. The number of carbonyl (C=O) groups excluding carboxylic acids is 1. The molecule has 0 atom stereocenters. The zero-order valence-corrected chi connectivity index (χ0v) is 11.3. The van der Waals surface area contributed by atoms with Gasteiger partial charge in [0, 0.05) is 29.7 Å². The van der Waals surface area contributed by atoms with Crippen LogP contribution in [0, 0.1) is 0 Å². The van der Waals surface area contributed by atoms with Crippen molar-refractivity contribution in [3.8, 4) is 11.4 Å². The molecule has 0 amide bonds. The fraction of sp³-hybridized carbons (Fsp3) is 0.200. The molecular formula is C15H14N4O. The van der Waals surface area contributed by atoms with Gasteiger partial charge in [-0.15, -0.1) is 0 Å². The van der Waals surface area contributed by atoms with Crippen molar-refractivity contribution >= 4 is 17.3 Å². The Morgan fingerprint density at radius 3 is 2.80 bits per heavy atom. The van der Waals surface area contributed by atoms with Crippen LogP contribution in [0.5, 0.6) is 0 Å². The Balaban J connectivity index is 2.30. The molecule has 0 fully saturated rings. The van der Waals surface area contributed by atoms with Gasteiger partial charge >= 0.3 is 0 Å². The molecule has 0 saturated carbocycles. The lowest BCUT2D eigenvalue weighted by Crippen LogP contribution is -2.00. The van der Waals surface area contributed by atoms with Gasteiger partial charge in [0.25, 0.3) is 0 Å². The number of nitrogens with zero attached hydrogens (tertiary/aromatic N) is 3. The third-order valence-corrected chi connectivity index (χ3v) is 3.18. The van der Waals surface area contributed by atoms with Gasteiger partial charge in [-0.05, 0) is 18.1 Å². The van der Waals surface area contributed by atoms with Gasteiger partial charge in [-0.2, -0.15) is 0 Å². The van der Waals surface area contributed by atoms with Gasteiger partial charge in [-0.3, -0.25) is 9.78 Å². The maximum atomic E-state index is 11.1. The maximum absolute atomic E-state index is 11.1. The number of aromatic amines is 1. The third-order valence-electron chi connectivity index (χ3n) is 3.18. The highest BCUT2D eigenvalue weighted by atomic mass is 16.1. The van der Waals surface area contributed by atoms with Gasteiger partial charge in [0.15, 0.2) is 12.1 Å². The number of nitrogens with one attached hydrogen (secondary N) is 1. The molecule has 100 valence electrons. The molecule has 0 radical (unpaired) electrons. The van der Waals surface area contributed by atoms with E-state index >= 15 is 0 Å². The van der Waals surface area contributed by atoms with Crippen LogP contribution in [-0.2, 0) is 0 Å². The summed E-state index contributed by atoms with van der Waals surface area (Å²) in [7, 11) is 0. The van der Waals surface area contributed by atoms with Gasteiger partial charge in [-0.1, -0.05) is 13.8 Å². The Morgan fingerprint density at radius 2 is 2.15 bits per heavy atom. The first kappa shape index (κ1) is 12.5. The molecule has 3 heterocycles. The minimum atomic E-state index is 0.199. The molecule has 3 rings (SSSR count). The van der Waals surface area contributed by atoms with Gasteiger partial charge in [0.2, 0.25) is 0 Å². The summed E-state index contributed by atoms with van der Waals surface area (Å²) >= 11 is 0. The summed E-state index contributed by atoms with van der Waals surface area (Å²) in [5.41, 5.74) is 3.02. The number of pyridine rings is 1. The zero-order chi connectivity index (χ0) is 14.1. The number of aldehydes is 1. The topological polar surface area (TPSA) is 71.5 Å². The molecule has 3 aromatic heterocycles. The van der Waals surface area contributed by atoms with E-state index in [2.05, 4.69) is 33.8 Å². The summed E-state index contributed by atoms with van der Waals surface area (Å²) in [6.07, 6.45) is 5.95. The fourth-order valence-electron chi connectivity index (χ4n) is 2.22. The monoisotopic (exact) mass is 266 g/mol. The molecule has 3 aromatic rings.